The van der Waals surface area contributed by atoms with Crippen molar-refractivity contribution >= 4 is 38.9 Å². The molecule has 2 amide bonds. The molecule has 2 saturated heterocycles. The fourth-order valence-corrected chi connectivity index (χ4v) is 6.95. The monoisotopic (exact) mass is 461 g/mol. The third-order valence-electron chi connectivity index (χ3n) is 6.04. The highest BCUT2D eigenvalue weighted by Crippen LogP contribution is 2.28. The molecule has 3 heterocycles. The zero-order chi connectivity index (χ0) is 21.8. The van der Waals surface area contributed by atoms with Crippen LogP contribution in [0, 0.1) is 11.8 Å². The van der Waals surface area contributed by atoms with E-state index < -0.39 is 10.0 Å². The van der Waals surface area contributed by atoms with Gasteiger partial charge in [-0.25, -0.2) is 8.42 Å². The van der Waals surface area contributed by atoms with Gasteiger partial charge in [0.15, 0.2) is 0 Å². The summed E-state index contributed by atoms with van der Waals surface area (Å²) in [4.78, 5) is 27.4. The van der Waals surface area contributed by atoms with Crippen LogP contribution in [-0.2, 0) is 19.6 Å². The van der Waals surface area contributed by atoms with Gasteiger partial charge in [0.05, 0.1) is 5.92 Å². The molecule has 2 aromatic rings. The minimum absolute atomic E-state index is 0.00740. The Balaban J connectivity index is 1.31. The Kier molecular flexibility index (Phi) is 6.74. The van der Waals surface area contributed by atoms with Crippen LogP contribution in [0.15, 0.2) is 52.1 Å². The molecule has 2 aliphatic rings. The smallest absolute Gasteiger partial charge is 0.252 e. The number of sulfonamides is 1. The summed E-state index contributed by atoms with van der Waals surface area (Å²) in [5, 5.41) is 4.69. The standard InChI is InChI=1S/C22H27N3O4S2/c26-21(23-19-7-2-1-3-8-19)17-10-13-24(14-11-17)22(27)18-6-4-12-25(16-18)31(28,29)20-9-5-15-30-20/h1-3,5,7-9,15,17-18H,4,6,10-14,16H2,(H,23,26). The number of rotatable bonds is 5. The van der Waals surface area contributed by atoms with Gasteiger partial charge in [0.1, 0.15) is 4.21 Å². The van der Waals surface area contributed by atoms with E-state index in [0.29, 0.717) is 49.5 Å². The molecule has 1 aromatic carbocycles. The topological polar surface area (TPSA) is 86.8 Å². The molecule has 0 radical (unpaired) electrons. The average Bonchev–Trinajstić information content (AvgIpc) is 3.35. The normalized spacial score (nSPS) is 21.0. The van der Waals surface area contributed by atoms with Crippen LogP contribution in [0.25, 0.3) is 0 Å². The lowest BCUT2D eigenvalue weighted by Crippen LogP contribution is -2.49. The van der Waals surface area contributed by atoms with Crippen molar-refractivity contribution in [1.29, 1.82) is 0 Å². The molecule has 2 aliphatic heterocycles. The maximum Gasteiger partial charge on any atom is 0.252 e. The van der Waals surface area contributed by atoms with E-state index in [2.05, 4.69) is 5.32 Å². The number of para-hydroxylation sites is 1. The van der Waals surface area contributed by atoms with Crippen molar-refractivity contribution in [3.05, 3.63) is 47.8 Å². The second-order valence-electron chi connectivity index (χ2n) is 8.09. The molecule has 4 rings (SSSR count). The van der Waals surface area contributed by atoms with Crippen molar-refractivity contribution < 1.29 is 18.0 Å². The van der Waals surface area contributed by atoms with Gasteiger partial charge in [-0.15, -0.1) is 11.3 Å². The van der Waals surface area contributed by atoms with Gasteiger partial charge >= 0.3 is 0 Å². The highest BCUT2D eigenvalue weighted by Gasteiger charge is 2.37. The fraction of sp³-hybridized carbons (Fsp3) is 0.455. The van der Waals surface area contributed by atoms with Crippen LogP contribution in [-0.4, -0.2) is 55.6 Å². The fourth-order valence-electron chi connectivity index (χ4n) is 4.29. The van der Waals surface area contributed by atoms with Gasteiger partial charge in [-0.3, -0.25) is 9.59 Å². The van der Waals surface area contributed by atoms with Crippen LogP contribution in [0.1, 0.15) is 25.7 Å². The molecule has 1 N–H and O–H groups in total. The van der Waals surface area contributed by atoms with E-state index in [-0.39, 0.29) is 30.2 Å². The summed E-state index contributed by atoms with van der Waals surface area (Å²) >= 11 is 1.20. The van der Waals surface area contributed by atoms with Gasteiger partial charge in [0.25, 0.3) is 10.0 Å². The van der Waals surface area contributed by atoms with Gasteiger partial charge in [-0.1, -0.05) is 24.3 Å². The number of nitrogens with zero attached hydrogens (tertiary/aromatic N) is 2. The first-order valence-electron chi connectivity index (χ1n) is 10.6. The van der Waals surface area contributed by atoms with Crippen LogP contribution in [0.4, 0.5) is 5.69 Å². The van der Waals surface area contributed by atoms with Crippen molar-refractivity contribution in [3.8, 4) is 0 Å². The molecular formula is C22H27N3O4S2. The summed E-state index contributed by atoms with van der Waals surface area (Å²) in [6.07, 6.45) is 2.61. The number of thiophene rings is 1. The molecule has 0 aliphatic carbocycles. The molecule has 0 spiro atoms. The van der Waals surface area contributed by atoms with Gasteiger partial charge < -0.3 is 10.2 Å². The average molecular weight is 462 g/mol. The first-order valence-corrected chi connectivity index (χ1v) is 13.0. The number of nitrogens with one attached hydrogen (secondary N) is 1. The number of hydrogen-bond acceptors (Lipinski definition) is 5. The number of hydrogen-bond donors (Lipinski definition) is 1. The zero-order valence-electron chi connectivity index (χ0n) is 17.3. The minimum atomic E-state index is -3.54. The van der Waals surface area contributed by atoms with Crippen molar-refractivity contribution in [2.45, 2.75) is 29.9 Å². The number of carbonyl (C=O) groups is 2. The van der Waals surface area contributed by atoms with Gasteiger partial charge in [-0.05, 0) is 49.3 Å². The molecule has 166 valence electrons. The molecule has 31 heavy (non-hydrogen) atoms. The SMILES string of the molecule is O=C(Nc1ccccc1)C1CCN(C(=O)C2CCCN(S(=O)(=O)c3cccs3)C2)CC1. The summed E-state index contributed by atoms with van der Waals surface area (Å²) in [6.45, 7) is 1.74. The molecule has 2 fully saturated rings. The van der Waals surface area contributed by atoms with Gasteiger partial charge in [0.2, 0.25) is 11.8 Å². The Morgan fingerprint density at radius 1 is 0.935 bits per heavy atom. The van der Waals surface area contributed by atoms with E-state index in [9.17, 15) is 18.0 Å². The Morgan fingerprint density at radius 2 is 1.68 bits per heavy atom. The third-order valence-corrected chi connectivity index (χ3v) is 9.28. The second kappa shape index (κ2) is 9.50. The van der Waals surface area contributed by atoms with Gasteiger partial charge in [-0.2, -0.15) is 4.31 Å². The Hall–Kier alpha value is -2.23. The molecule has 9 heteroatoms. The largest absolute Gasteiger partial charge is 0.342 e. The van der Waals surface area contributed by atoms with E-state index in [1.54, 1.807) is 22.4 Å². The van der Waals surface area contributed by atoms with Crippen LogP contribution >= 0.6 is 11.3 Å². The van der Waals surface area contributed by atoms with E-state index in [0.717, 1.165) is 5.69 Å². The van der Waals surface area contributed by atoms with E-state index in [1.807, 2.05) is 30.3 Å². The number of anilines is 1. The number of benzene rings is 1. The summed E-state index contributed by atoms with van der Waals surface area (Å²) in [5.74, 6) is -0.443. The van der Waals surface area contributed by atoms with E-state index in [1.165, 1.54) is 15.6 Å². The first kappa shape index (κ1) is 22.0. The Morgan fingerprint density at radius 3 is 2.35 bits per heavy atom. The molecule has 0 bridgehead atoms. The van der Waals surface area contributed by atoms with Crippen molar-refractivity contribution in [3.63, 3.8) is 0 Å². The van der Waals surface area contributed by atoms with Crippen molar-refractivity contribution in [2.24, 2.45) is 11.8 Å². The molecule has 1 aromatic heterocycles. The Labute approximate surface area is 187 Å². The summed E-state index contributed by atoms with van der Waals surface area (Å²) in [5.41, 5.74) is 0.778. The van der Waals surface area contributed by atoms with Crippen LogP contribution in [0.3, 0.4) is 0 Å². The first-order chi connectivity index (χ1) is 14.9. The summed E-state index contributed by atoms with van der Waals surface area (Å²) < 4.78 is 27.4. The quantitative estimate of drug-likeness (QED) is 0.742. The summed E-state index contributed by atoms with van der Waals surface area (Å²) in [6, 6.07) is 12.7. The number of amides is 2. The molecule has 7 nitrogen and oxygen atoms in total. The maximum absolute atomic E-state index is 13.1. The molecular weight excluding hydrogens is 434 g/mol. The lowest BCUT2D eigenvalue weighted by molar-refractivity contribution is -0.139. The number of carbonyl (C=O) groups excluding carboxylic acids is 2. The lowest BCUT2D eigenvalue weighted by atomic mass is 9.93. The van der Waals surface area contributed by atoms with Gasteiger partial charge in [0, 0.05) is 37.8 Å². The molecule has 0 saturated carbocycles. The highest BCUT2D eigenvalue weighted by atomic mass is 32.2. The predicted octanol–water partition coefficient (Wildman–Crippen LogP) is 3.03. The molecule has 1 atom stereocenters. The predicted molar refractivity (Wildman–Crippen MR) is 120 cm³/mol. The minimum Gasteiger partial charge on any atom is -0.342 e. The molecule has 1 unspecified atom stereocenters. The van der Waals surface area contributed by atoms with Crippen LogP contribution < -0.4 is 5.32 Å². The van der Waals surface area contributed by atoms with Crippen LogP contribution in [0.5, 0.6) is 0 Å². The zero-order valence-corrected chi connectivity index (χ0v) is 18.9. The summed E-state index contributed by atoms with van der Waals surface area (Å²) in [7, 11) is -3.54. The number of likely N-dealkylation sites (tertiary alicyclic amines) is 1. The highest BCUT2D eigenvalue weighted by molar-refractivity contribution is 7.91. The van der Waals surface area contributed by atoms with Crippen molar-refractivity contribution in [2.75, 3.05) is 31.5 Å². The van der Waals surface area contributed by atoms with E-state index in [4.69, 9.17) is 0 Å². The maximum atomic E-state index is 13.1. The van der Waals surface area contributed by atoms with E-state index >= 15 is 0 Å². The second-order valence-corrected chi connectivity index (χ2v) is 11.2. The van der Waals surface area contributed by atoms with Crippen LogP contribution in [0.2, 0.25) is 0 Å². The third kappa shape index (κ3) is 4.99. The Bertz CT molecular complexity index is 1000. The lowest BCUT2D eigenvalue weighted by Gasteiger charge is -2.37. The number of piperidine rings is 2. The van der Waals surface area contributed by atoms with Crippen molar-refractivity contribution in [1.82, 2.24) is 9.21 Å².